The first kappa shape index (κ1) is 23.0. The van der Waals surface area contributed by atoms with Crippen LogP contribution in [0.1, 0.15) is 11.1 Å². The number of benzene rings is 1. The number of aromatic nitrogens is 3. The van der Waals surface area contributed by atoms with Gasteiger partial charge in [-0.15, -0.1) is 0 Å². The van der Waals surface area contributed by atoms with E-state index in [1.165, 1.54) is 20.3 Å². The van der Waals surface area contributed by atoms with Gasteiger partial charge >= 0.3 is 0 Å². The molecule has 0 aliphatic carbocycles. The Kier molecular flexibility index (Phi) is 6.25. The van der Waals surface area contributed by atoms with Crippen LogP contribution < -0.4 is 14.4 Å². The van der Waals surface area contributed by atoms with Gasteiger partial charge in [0.2, 0.25) is 0 Å². The van der Waals surface area contributed by atoms with Gasteiger partial charge in [0, 0.05) is 79.3 Å². The number of halogens is 2. The fourth-order valence-corrected chi connectivity index (χ4v) is 4.42. The third kappa shape index (κ3) is 4.39. The van der Waals surface area contributed by atoms with Crippen molar-refractivity contribution in [3.05, 3.63) is 65.6 Å². The first-order chi connectivity index (χ1) is 17.0. The molecule has 1 aliphatic heterocycles. The van der Waals surface area contributed by atoms with Crippen LogP contribution in [0.3, 0.4) is 0 Å². The highest BCUT2D eigenvalue weighted by molar-refractivity contribution is 5.85. The Bertz CT molecular complexity index is 1320. The van der Waals surface area contributed by atoms with Gasteiger partial charge in [0.05, 0.1) is 14.2 Å². The number of methoxy groups -OCH3 is 2. The lowest BCUT2D eigenvalue weighted by molar-refractivity contribution is 0.312. The standard InChI is InChI=1S/C26H27F2N5O2/c1-32-6-8-33(9-7-32)23-5-4-16(13-29-23)17-10-19-18(15-31-26(19)30-14-17)11-20-24(27)21(34-2)12-22(35-3)25(20)28/h4-5,10,12-15H,6-9,11H2,1-3H3,(H,30,31). The highest BCUT2D eigenvalue weighted by Gasteiger charge is 2.22. The molecule has 0 spiro atoms. The minimum absolute atomic E-state index is 0.0109. The van der Waals surface area contributed by atoms with Gasteiger partial charge in [0.1, 0.15) is 11.5 Å². The Balaban J connectivity index is 1.45. The van der Waals surface area contributed by atoms with E-state index >= 15 is 0 Å². The smallest absolute Gasteiger partial charge is 0.171 e. The number of nitrogens with zero attached hydrogens (tertiary/aromatic N) is 4. The maximum absolute atomic E-state index is 14.9. The van der Waals surface area contributed by atoms with Crippen molar-refractivity contribution in [1.82, 2.24) is 19.9 Å². The third-order valence-corrected chi connectivity index (χ3v) is 6.56. The number of hydrogen-bond donors (Lipinski definition) is 1. The molecule has 1 saturated heterocycles. The van der Waals surface area contributed by atoms with E-state index in [0.29, 0.717) is 11.2 Å². The van der Waals surface area contributed by atoms with Crippen LogP contribution in [-0.2, 0) is 6.42 Å². The number of piperazine rings is 1. The predicted octanol–water partition coefficient (Wildman–Crippen LogP) is 4.26. The molecule has 0 atom stereocenters. The van der Waals surface area contributed by atoms with E-state index in [9.17, 15) is 8.78 Å². The molecular formula is C26H27F2N5O2. The zero-order chi connectivity index (χ0) is 24.5. The molecule has 9 heteroatoms. The average molecular weight is 480 g/mol. The molecule has 1 N–H and O–H groups in total. The molecular weight excluding hydrogens is 452 g/mol. The summed E-state index contributed by atoms with van der Waals surface area (Å²) in [5.74, 6) is -0.663. The largest absolute Gasteiger partial charge is 0.494 e. The second-order valence-corrected chi connectivity index (χ2v) is 8.69. The quantitative estimate of drug-likeness (QED) is 0.446. The molecule has 1 aliphatic rings. The molecule has 0 saturated carbocycles. The number of aromatic amines is 1. The van der Waals surface area contributed by atoms with Crippen LogP contribution in [0, 0.1) is 11.6 Å². The van der Waals surface area contributed by atoms with Gasteiger partial charge in [-0.25, -0.2) is 18.7 Å². The molecule has 1 aromatic carbocycles. The summed E-state index contributed by atoms with van der Waals surface area (Å²) < 4.78 is 40.0. The number of pyridine rings is 2. The van der Waals surface area contributed by atoms with Gasteiger partial charge in [-0.1, -0.05) is 0 Å². The van der Waals surface area contributed by atoms with Gasteiger partial charge < -0.3 is 24.3 Å². The maximum Gasteiger partial charge on any atom is 0.171 e. The summed E-state index contributed by atoms with van der Waals surface area (Å²) in [5, 5.41) is 0.784. The summed E-state index contributed by atoms with van der Waals surface area (Å²) in [7, 11) is 4.80. The van der Waals surface area contributed by atoms with Crippen LogP contribution in [0.5, 0.6) is 11.5 Å². The van der Waals surface area contributed by atoms with Crippen LogP contribution >= 0.6 is 0 Å². The van der Waals surface area contributed by atoms with Crippen molar-refractivity contribution in [2.45, 2.75) is 6.42 Å². The Labute approximate surface area is 202 Å². The Morgan fingerprint density at radius 3 is 2.23 bits per heavy atom. The van der Waals surface area contributed by atoms with E-state index in [-0.39, 0.29) is 23.5 Å². The summed E-state index contributed by atoms with van der Waals surface area (Å²) in [6.45, 7) is 3.93. The van der Waals surface area contributed by atoms with E-state index in [4.69, 9.17) is 9.47 Å². The zero-order valence-corrected chi connectivity index (χ0v) is 19.9. The summed E-state index contributed by atoms with van der Waals surface area (Å²) in [5.41, 5.74) is 3.03. The molecule has 7 nitrogen and oxygen atoms in total. The van der Waals surface area contributed by atoms with Crippen LogP contribution in [0.4, 0.5) is 14.6 Å². The first-order valence-corrected chi connectivity index (χ1v) is 11.4. The lowest BCUT2D eigenvalue weighted by atomic mass is 10.0. The number of H-pyrrole nitrogens is 1. The third-order valence-electron chi connectivity index (χ3n) is 6.56. The number of nitrogens with one attached hydrogen (secondary N) is 1. The van der Waals surface area contributed by atoms with Crippen molar-refractivity contribution >= 4 is 16.9 Å². The fraction of sp³-hybridized carbons (Fsp3) is 0.308. The zero-order valence-electron chi connectivity index (χ0n) is 19.9. The predicted molar refractivity (Wildman–Crippen MR) is 131 cm³/mol. The minimum atomic E-state index is -0.743. The van der Waals surface area contributed by atoms with Crippen molar-refractivity contribution in [3.8, 4) is 22.6 Å². The number of anilines is 1. The second kappa shape index (κ2) is 9.50. The van der Waals surface area contributed by atoms with E-state index in [1.807, 2.05) is 24.4 Å². The number of fused-ring (bicyclic) bond motifs is 1. The highest BCUT2D eigenvalue weighted by atomic mass is 19.1. The molecule has 4 heterocycles. The van der Waals surface area contributed by atoms with Gasteiger partial charge in [-0.2, -0.15) is 0 Å². The van der Waals surface area contributed by atoms with E-state index in [2.05, 4.69) is 31.8 Å². The molecule has 35 heavy (non-hydrogen) atoms. The maximum atomic E-state index is 14.9. The molecule has 0 amide bonds. The summed E-state index contributed by atoms with van der Waals surface area (Å²) >= 11 is 0. The van der Waals surface area contributed by atoms with Crippen LogP contribution in [0.2, 0.25) is 0 Å². The van der Waals surface area contributed by atoms with Gasteiger partial charge in [0.25, 0.3) is 0 Å². The van der Waals surface area contributed by atoms with Gasteiger partial charge in [0.15, 0.2) is 23.1 Å². The molecule has 0 bridgehead atoms. The van der Waals surface area contributed by atoms with Crippen molar-refractivity contribution in [2.24, 2.45) is 0 Å². The highest BCUT2D eigenvalue weighted by Crippen LogP contribution is 2.34. The van der Waals surface area contributed by atoms with E-state index < -0.39 is 11.6 Å². The van der Waals surface area contributed by atoms with E-state index in [1.54, 1.807) is 12.4 Å². The SMILES string of the molecule is COc1cc(OC)c(F)c(Cc2c[nH]c3ncc(-c4ccc(N5CCN(C)CC5)nc4)cc23)c1F. The minimum Gasteiger partial charge on any atom is -0.494 e. The lowest BCUT2D eigenvalue weighted by Gasteiger charge is -2.33. The van der Waals surface area contributed by atoms with Crippen LogP contribution in [0.25, 0.3) is 22.2 Å². The number of hydrogen-bond acceptors (Lipinski definition) is 6. The molecule has 5 rings (SSSR count). The first-order valence-electron chi connectivity index (χ1n) is 11.4. The molecule has 1 fully saturated rings. The Morgan fingerprint density at radius 1 is 0.914 bits per heavy atom. The fourth-order valence-electron chi connectivity index (χ4n) is 4.42. The molecule has 0 radical (unpaired) electrons. The summed E-state index contributed by atoms with van der Waals surface area (Å²) in [4.78, 5) is 16.9. The van der Waals surface area contributed by atoms with Crippen LogP contribution in [-0.4, -0.2) is 67.3 Å². The van der Waals surface area contributed by atoms with Crippen molar-refractivity contribution in [2.75, 3.05) is 52.3 Å². The van der Waals surface area contributed by atoms with Crippen molar-refractivity contribution in [1.29, 1.82) is 0 Å². The Hall–Kier alpha value is -3.72. The Morgan fingerprint density at radius 2 is 1.60 bits per heavy atom. The van der Waals surface area contributed by atoms with Crippen molar-refractivity contribution in [3.63, 3.8) is 0 Å². The van der Waals surface area contributed by atoms with Crippen LogP contribution in [0.15, 0.2) is 42.9 Å². The topological polar surface area (TPSA) is 66.5 Å². The molecule has 3 aromatic heterocycles. The van der Waals surface area contributed by atoms with Gasteiger partial charge in [-0.05, 0) is 30.8 Å². The van der Waals surface area contributed by atoms with E-state index in [0.717, 1.165) is 48.5 Å². The normalized spacial score (nSPS) is 14.5. The number of ether oxygens (including phenoxy) is 2. The molecule has 0 unspecified atom stereocenters. The monoisotopic (exact) mass is 479 g/mol. The van der Waals surface area contributed by atoms with Crippen molar-refractivity contribution < 1.29 is 18.3 Å². The summed E-state index contributed by atoms with van der Waals surface area (Å²) in [6.07, 6.45) is 5.35. The average Bonchev–Trinajstić information content (AvgIpc) is 3.29. The molecule has 4 aromatic rings. The second-order valence-electron chi connectivity index (χ2n) is 8.69. The lowest BCUT2D eigenvalue weighted by Crippen LogP contribution is -2.44. The number of likely N-dealkylation sites (N-methyl/N-ethyl adjacent to an activating group) is 1. The summed E-state index contributed by atoms with van der Waals surface area (Å²) in [6, 6.07) is 7.23. The number of rotatable bonds is 6. The van der Waals surface area contributed by atoms with Gasteiger partial charge in [-0.3, -0.25) is 0 Å². The molecule has 182 valence electrons.